The van der Waals surface area contributed by atoms with E-state index in [9.17, 15) is 0 Å². The number of nitrogens with two attached hydrogens (primary N) is 1. The number of nitrogens with zero attached hydrogens (tertiary/aromatic N) is 5. The molecule has 1 aliphatic rings. The van der Waals surface area contributed by atoms with E-state index in [-0.39, 0.29) is 18.2 Å². The fraction of sp³-hybridized carbons (Fsp3) is 0.409. The zero-order chi connectivity index (χ0) is 21.5. The van der Waals surface area contributed by atoms with Crippen molar-refractivity contribution in [3.05, 3.63) is 36.7 Å². The van der Waals surface area contributed by atoms with Gasteiger partial charge in [0.05, 0.1) is 23.8 Å². The van der Waals surface area contributed by atoms with Crippen molar-refractivity contribution in [3.8, 4) is 17.3 Å². The normalized spacial score (nSPS) is 20.5. The molecule has 9 nitrogen and oxygen atoms in total. The molecule has 0 amide bonds. The maximum Gasteiger partial charge on any atom is 0.231 e. The van der Waals surface area contributed by atoms with Crippen molar-refractivity contribution in [1.82, 2.24) is 19.6 Å². The maximum absolute atomic E-state index is 6.18. The molecule has 2 N–H and O–H groups in total. The number of hydrogen-bond donors (Lipinski definition) is 1. The first-order chi connectivity index (χ1) is 15.0. The van der Waals surface area contributed by atoms with E-state index in [0.717, 1.165) is 35.6 Å². The summed E-state index contributed by atoms with van der Waals surface area (Å²) in [6, 6.07) is 7.45. The Balaban J connectivity index is 1.54. The van der Waals surface area contributed by atoms with Gasteiger partial charge in [-0.1, -0.05) is 0 Å². The van der Waals surface area contributed by atoms with Crippen LogP contribution in [0.4, 0.5) is 5.82 Å². The van der Waals surface area contributed by atoms with E-state index in [0.29, 0.717) is 23.9 Å². The molecule has 4 aromatic rings. The molecule has 162 valence electrons. The summed E-state index contributed by atoms with van der Waals surface area (Å²) in [6.45, 7) is 8.01. The topological polar surface area (TPSA) is 104 Å². The Morgan fingerprint density at radius 2 is 2.00 bits per heavy atom. The van der Waals surface area contributed by atoms with Crippen molar-refractivity contribution in [1.29, 1.82) is 0 Å². The molecule has 0 aliphatic carbocycles. The third kappa shape index (κ3) is 3.82. The summed E-state index contributed by atoms with van der Waals surface area (Å²) >= 11 is 0. The molecule has 9 heteroatoms. The number of imidazole rings is 1. The molecular weight excluding hydrogens is 396 g/mol. The number of rotatable bonds is 5. The van der Waals surface area contributed by atoms with E-state index in [2.05, 4.69) is 33.8 Å². The predicted octanol–water partition coefficient (Wildman–Crippen LogP) is 2.88. The molecule has 0 bridgehead atoms. The van der Waals surface area contributed by atoms with Crippen LogP contribution < -0.4 is 15.4 Å². The van der Waals surface area contributed by atoms with E-state index in [1.165, 1.54) is 0 Å². The average molecular weight is 422 g/mol. The van der Waals surface area contributed by atoms with Crippen LogP contribution in [0.25, 0.3) is 28.1 Å². The van der Waals surface area contributed by atoms with Crippen LogP contribution in [0.2, 0.25) is 0 Å². The van der Waals surface area contributed by atoms with Gasteiger partial charge in [0, 0.05) is 31.4 Å². The predicted molar refractivity (Wildman–Crippen MR) is 117 cm³/mol. The average Bonchev–Trinajstić information content (AvgIpc) is 3.34. The van der Waals surface area contributed by atoms with Crippen molar-refractivity contribution in [2.24, 2.45) is 5.73 Å². The lowest BCUT2D eigenvalue weighted by Crippen LogP contribution is -2.45. The molecule has 1 saturated heterocycles. The van der Waals surface area contributed by atoms with Gasteiger partial charge in [0.2, 0.25) is 5.88 Å². The first-order valence-electron chi connectivity index (χ1n) is 10.5. The third-order valence-corrected chi connectivity index (χ3v) is 5.23. The highest BCUT2D eigenvalue weighted by molar-refractivity contribution is 5.92. The molecule has 4 aromatic heterocycles. The molecule has 0 radical (unpaired) electrons. The van der Waals surface area contributed by atoms with Crippen molar-refractivity contribution >= 4 is 22.4 Å². The van der Waals surface area contributed by atoms with Crippen molar-refractivity contribution in [2.75, 3.05) is 24.6 Å². The number of morpholine rings is 1. The standard InChI is InChI=1S/C22H26N6O3/c1-13(23)12-29-21-5-4-20-25-9-17(28(20)26-21)19-8-16-18(31-19)6-7-24-22(16)27-10-14(2)30-15(3)11-27/h4-9,13-15H,10-12,23H2,1-3H3/t13-,14-,15+/m0/s1. The lowest BCUT2D eigenvalue weighted by atomic mass is 10.2. The molecule has 3 atom stereocenters. The summed E-state index contributed by atoms with van der Waals surface area (Å²) in [5, 5.41) is 5.52. The van der Waals surface area contributed by atoms with Gasteiger partial charge in [0.25, 0.3) is 0 Å². The smallest absolute Gasteiger partial charge is 0.231 e. The summed E-state index contributed by atoms with van der Waals surface area (Å²) < 4.78 is 19.5. The quantitative estimate of drug-likeness (QED) is 0.524. The number of anilines is 1. The Bertz CT molecular complexity index is 1210. The number of hydrogen-bond acceptors (Lipinski definition) is 8. The Morgan fingerprint density at radius 3 is 2.77 bits per heavy atom. The number of fused-ring (bicyclic) bond motifs is 2. The summed E-state index contributed by atoms with van der Waals surface area (Å²) in [5.41, 5.74) is 8.00. The van der Waals surface area contributed by atoms with Gasteiger partial charge in [0.15, 0.2) is 11.4 Å². The van der Waals surface area contributed by atoms with Gasteiger partial charge in [-0.3, -0.25) is 0 Å². The Hall–Kier alpha value is -3.17. The third-order valence-electron chi connectivity index (χ3n) is 5.23. The molecule has 5 heterocycles. The van der Waals surface area contributed by atoms with Crippen molar-refractivity contribution in [2.45, 2.75) is 39.0 Å². The maximum atomic E-state index is 6.18. The van der Waals surface area contributed by atoms with Gasteiger partial charge in [0.1, 0.15) is 23.7 Å². The fourth-order valence-electron chi connectivity index (χ4n) is 4.00. The Kier molecular flexibility index (Phi) is 4.99. The molecule has 0 aromatic carbocycles. The zero-order valence-electron chi connectivity index (χ0n) is 17.9. The van der Waals surface area contributed by atoms with Gasteiger partial charge in [-0.25, -0.2) is 14.5 Å². The second-order valence-corrected chi connectivity index (χ2v) is 8.19. The van der Waals surface area contributed by atoms with Crippen molar-refractivity contribution < 1.29 is 13.9 Å². The molecule has 1 aliphatic heterocycles. The van der Waals surface area contributed by atoms with Crippen LogP contribution in [0.1, 0.15) is 20.8 Å². The van der Waals surface area contributed by atoms with E-state index >= 15 is 0 Å². The van der Waals surface area contributed by atoms with E-state index in [1.807, 2.05) is 25.1 Å². The molecule has 0 unspecified atom stereocenters. The van der Waals surface area contributed by atoms with Crippen LogP contribution in [-0.2, 0) is 4.74 Å². The summed E-state index contributed by atoms with van der Waals surface area (Å²) in [7, 11) is 0. The first-order valence-corrected chi connectivity index (χ1v) is 10.5. The van der Waals surface area contributed by atoms with Gasteiger partial charge in [-0.15, -0.1) is 5.10 Å². The molecule has 1 fully saturated rings. The number of aromatic nitrogens is 4. The highest BCUT2D eigenvalue weighted by Crippen LogP contribution is 2.34. The summed E-state index contributed by atoms with van der Waals surface area (Å²) in [6.07, 6.45) is 3.82. The summed E-state index contributed by atoms with van der Waals surface area (Å²) in [5.74, 6) is 2.05. The molecule has 0 saturated carbocycles. The van der Waals surface area contributed by atoms with Gasteiger partial charge in [-0.05, 0) is 39.0 Å². The second kappa shape index (κ2) is 7.82. The zero-order valence-corrected chi connectivity index (χ0v) is 17.9. The first kappa shape index (κ1) is 19.8. The van der Waals surface area contributed by atoms with Crippen molar-refractivity contribution in [3.63, 3.8) is 0 Å². The Morgan fingerprint density at radius 1 is 1.19 bits per heavy atom. The second-order valence-electron chi connectivity index (χ2n) is 8.19. The van der Waals surface area contributed by atoms with Crippen LogP contribution in [-0.4, -0.2) is 57.5 Å². The van der Waals surface area contributed by atoms with Gasteiger partial charge in [-0.2, -0.15) is 0 Å². The van der Waals surface area contributed by atoms with Gasteiger partial charge >= 0.3 is 0 Å². The molecule has 0 spiro atoms. The summed E-state index contributed by atoms with van der Waals surface area (Å²) in [4.78, 5) is 11.4. The number of ether oxygens (including phenoxy) is 2. The molecule has 31 heavy (non-hydrogen) atoms. The van der Waals surface area contributed by atoms with Crippen LogP contribution in [0.3, 0.4) is 0 Å². The highest BCUT2D eigenvalue weighted by Gasteiger charge is 2.25. The minimum absolute atomic E-state index is 0.0772. The lowest BCUT2D eigenvalue weighted by molar-refractivity contribution is -0.00536. The van der Waals surface area contributed by atoms with Crippen LogP contribution in [0, 0.1) is 0 Å². The van der Waals surface area contributed by atoms with Gasteiger partial charge < -0.3 is 24.5 Å². The van der Waals surface area contributed by atoms with Crippen LogP contribution >= 0.6 is 0 Å². The lowest BCUT2D eigenvalue weighted by Gasteiger charge is -2.36. The largest absolute Gasteiger partial charge is 0.475 e. The molecule has 5 rings (SSSR count). The Labute approximate surface area is 179 Å². The van der Waals surface area contributed by atoms with Crippen LogP contribution in [0.5, 0.6) is 5.88 Å². The minimum Gasteiger partial charge on any atom is -0.475 e. The monoisotopic (exact) mass is 422 g/mol. The minimum atomic E-state index is -0.0772. The molecular formula is C22H26N6O3. The number of pyridine rings is 1. The van der Waals surface area contributed by atoms with E-state index < -0.39 is 0 Å². The fourth-order valence-corrected chi connectivity index (χ4v) is 4.00. The van der Waals surface area contributed by atoms with E-state index in [1.54, 1.807) is 23.0 Å². The van der Waals surface area contributed by atoms with E-state index in [4.69, 9.17) is 19.6 Å². The van der Waals surface area contributed by atoms with Crippen LogP contribution in [0.15, 0.2) is 41.1 Å². The highest BCUT2D eigenvalue weighted by atomic mass is 16.5. The number of furan rings is 1. The SMILES string of the molecule is C[C@H](N)COc1ccc2ncc(-c3cc4c(N5C[C@@H](C)O[C@@H](C)C5)nccc4o3)n2n1.